The highest BCUT2D eigenvalue weighted by Gasteiger charge is 2.46. The Labute approximate surface area is 158 Å². The number of likely N-dealkylation sites (tertiary alicyclic amines) is 1. The maximum Gasteiger partial charge on any atom is 0.267 e. The van der Waals surface area contributed by atoms with Gasteiger partial charge in [0.25, 0.3) is 5.91 Å². The Kier molecular flexibility index (Phi) is 4.86. The third kappa shape index (κ3) is 3.56. The second kappa shape index (κ2) is 7.13. The zero-order chi connectivity index (χ0) is 18.1. The van der Waals surface area contributed by atoms with E-state index in [0.29, 0.717) is 18.2 Å². The fraction of sp³-hybridized carbons (Fsp3) is 0.579. The second-order valence-corrected chi connectivity index (χ2v) is 8.56. The van der Waals surface area contributed by atoms with E-state index in [9.17, 15) is 4.79 Å². The first-order valence-electron chi connectivity index (χ1n) is 9.19. The molecular weight excluding hydrogens is 348 g/mol. The first-order chi connectivity index (χ1) is 12.5. The molecule has 4 rings (SSSR count). The molecule has 2 saturated heterocycles. The number of hydrogen-bond acceptors (Lipinski definition) is 5. The number of nitrogens with zero attached hydrogens (tertiary/aromatic N) is 3. The molecule has 0 aliphatic carbocycles. The lowest BCUT2D eigenvalue weighted by Gasteiger charge is -2.52. The average Bonchev–Trinajstić information content (AvgIpc) is 3.21. The number of amides is 1. The summed E-state index contributed by atoms with van der Waals surface area (Å²) in [6.07, 6.45) is 4.08. The third-order valence-corrected chi connectivity index (χ3v) is 6.52. The number of nitrogens with one attached hydrogen (secondary N) is 1. The molecule has 0 unspecified atom stereocenters. The summed E-state index contributed by atoms with van der Waals surface area (Å²) in [4.78, 5) is 20.3. The van der Waals surface area contributed by atoms with Gasteiger partial charge in [0.2, 0.25) is 0 Å². The molecule has 140 valence electrons. The van der Waals surface area contributed by atoms with E-state index < -0.39 is 0 Å². The molecule has 26 heavy (non-hydrogen) atoms. The van der Waals surface area contributed by atoms with E-state index in [1.54, 1.807) is 11.3 Å². The Balaban J connectivity index is 1.20. The number of aromatic nitrogens is 2. The van der Waals surface area contributed by atoms with Crippen molar-refractivity contribution in [3.63, 3.8) is 0 Å². The van der Waals surface area contributed by atoms with Crippen LogP contribution >= 0.6 is 11.3 Å². The molecule has 4 heterocycles. The van der Waals surface area contributed by atoms with Gasteiger partial charge in [-0.1, -0.05) is 0 Å². The molecule has 2 aromatic heterocycles. The minimum Gasteiger partial charge on any atom is -0.372 e. The molecule has 1 atom stereocenters. The number of carbonyl (C=O) groups is 1. The maximum atomic E-state index is 12.2. The van der Waals surface area contributed by atoms with Gasteiger partial charge in [-0.15, -0.1) is 11.3 Å². The van der Waals surface area contributed by atoms with Gasteiger partial charge in [-0.3, -0.25) is 9.69 Å². The molecule has 7 heteroatoms. The van der Waals surface area contributed by atoms with Crippen molar-refractivity contribution in [1.82, 2.24) is 19.8 Å². The van der Waals surface area contributed by atoms with Gasteiger partial charge in [-0.2, -0.15) is 0 Å². The SMILES string of the molecule is Cc1ncsc1CN1CC2(CC[C@H](CNC(=O)c3cccn3C)CO2)C1. The van der Waals surface area contributed by atoms with Crippen molar-refractivity contribution in [1.29, 1.82) is 0 Å². The average molecular weight is 375 g/mol. The van der Waals surface area contributed by atoms with Crippen LogP contribution in [0.4, 0.5) is 0 Å². The van der Waals surface area contributed by atoms with Crippen LogP contribution in [0.3, 0.4) is 0 Å². The molecule has 2 aromatic rings. The van der Waals surface area contributed by atoms with Crippen LogP contribution < -0.4 is 5.32 Å². The summed E-state index contributed by atoms with van der Waals surface area (Å²) in [5, 5.41) is 3.05. The van der Waals surface area contributed by atoms with E-state index in [2.05, 4.69) is 22.1 Å². The molecule has 1 spiro atoms. The smallest absolute Gasteiger partial charge is 0.267 e. The highest BCUT2D eigenvalue weighted by Crippen LogP contribution is 2.37. The second-order valence-electron chi connectivity index (χ2n) is 7.62. The van der Waals surface area contributed by atoms with Crippen LogP contribution in [0.2, 0.25) is 0 Å². The van der Waals surface area contributed by atoms with Crippen molar-refractivity contribution in [3.05, 3.63) is 40.1 Å². The third-order valence-electron chi connectivity index (χ3n) is 5.60. The fourth-order valence-corrected chi connectivity index (χ4v) is 4.73. The monoisotopic (exact) mass is 374 g/mol. The zero-order valence-corrected chi connectivity index (χ0v) is 16.2. The van der Waals surface area contributed by atoms with Crippen LogP contribution in [-0.4, -0.2) is 52.2 Å². The van der Waals surface area contributed by atoms with Gasteiger partial charge < -0.3 is 14.6 Å². The van der Waals surface area contributed by atoms with Crippen molar-refractivity contribution in [2.24, 2.45) is 13.0 Å². The summed E-state index contributed by atoms with van der Waals surface area (Å²) >= 11 is 1.74. The van der Waals surface area contributed by atoms with Crippen LogP contribution in [0.25, 0.3) is 0 Å². The number of aryl methyl sites for hydroxylation is 2. The molecule has 0 aromatic carbocycles. The molecule has 0 bridgehead atoms. The van der Waals surface area contributed by atoms with Gasteiger partial charge >= 0.3 is 0 Å². The summed E-state index contributed by atoms with van der Waals surface area (Å²) in [6, 6.07) is 3.73. The molecular formula is C19H26N4O2S. The van der Waals surface area contributed by atoms with Gasteiger partial charge in [0.05, 0.1) is 23.4 Å². The highest BCUT2D eigenvalue weighted by molar-refractivity contribution is 7.09. The number of carbonyl (C=O) groups excluding carboxylic acids is 1. The molecule has 2 fully saturated rings. The Morgan fingerprint density at radius 1 is 1.50 bits per heavy atom. The van der Waals surface area contributed by atoms with Crippen LogP contribution in [0, 0.1) is 12.8 Å². The molecule has 2 aliphatic heterocycles. The first kappa shape index (κ1) is 17.7. The van der Waals surface area contributed by atoms with Crippen molar-refractivity contribution in [2.45, 2.75) is 31.9 Å². The minimum absolute atomic E-state index is 0.00691. The number of thiazole rings is 1. The molecule has 6 nitrogen and oxygen atoms in total. The van der Waals surface area contributed by atoms with Crippen LogP contribution in [0.15, 0.2) is 23.8 Å². The molecule has 0 radical (unpaired) electrons. The van der Waals surface area contributed by atoms with E-state index >= 15 is 0 Å². The Morgan fingerprint density at radius 2 is 2.35 bits per heavy atom. The Hall–Kier alpha value is -1.70. The summed E-state index contributed by atoms with van der Waals surface area (Å²) in [7, 11) is 1.89. The normalized spacial score (nSPS) is 22.3. The van der Waals surface area contributed by atoms with Crippen molar-refractivity contribution < 1.29 is 9.53 Å². The van der Waals surface area contributed by atoms with E-state index in [0.717, 1.165) is 44.8 Å². The van der Waals surface area contributed by atoms with Crippen LogP contribution in [0.1, 0.15) is 33.9 Å². The molecule has 1 amide bonds. The summed E-state index contributed by atoms with van der Waals surface area (Å²) in [6.45, 7) is 6.49. The van der Waals surface area contributed by atoms with E-state index in [-0.39, 0.29) is 11.5 Å². The summed E-state index contributed by atoms with van der Waals surface area (Å²) in [5.41, 5.74) is 3.81. The van der Waals surface area contributed by atoms with Gasteiger partial charge in [0.15, 0.2) is 0 Å². The van der Waals surface area contributed by atoms with E-state index in [4.69, 9.17) is 4.74 Å². The largest absolute Gasteiger partial charge is 0.372 e. The summed E-state index contributed by atoms with van der Waals surface area (Å²) < 4.78 is 8.07. The maximum absolute atomic E-state index is 12.2. The van der Waals surface area contributed by atoms with E-state index in [1.807, 2.05) is 35.5 Å². The van der Waals surface area contributed by atoms with Crippen LogP contribution in [0.5, 0.6) is 0 Å². The van der Waals surface area contributed by atoms with Gasteiger partial charge in [0, 0.05) is 44.3 Å². The molecule has 2 aliphatic rings. The Bertz CT molecular complexity index is 768. The first-order valence-corrected chi connectivity index (χ1v) is 10.1. The topological polar surface area (TPSA) is 59.4 Å². The van der Waals surface area contributed by atoms with Gasteiger partial charge in [-0.05, 0) is 37.8 Å². The predicted octanol–water partition coefficient (Wildman–Crippen LogP) is 2.20. The minimum atomic E-state index is -0.00691. The predicted molar refractivity (Wildman–Crippen MR) is 101 cm³/mol. The van der Waals surface area contributed by atoms with Crippen molar-refractivity contribution >= 4 is 17.2 Å². The zero-order valence-electron chi connectivity index (χ0n) is 15.4. The molecule has 1 N–H and O–H groups in total. The number of hydrogen-bond donors (Lipinski definition) is 1. The van der Waals surface area contributed by atoms with Crippen molar-refractivity contribution in [2.75, 3.05) is 26.2 Å². The lowest BCUT2D eigenvalue weighted by Crippen LogP contribution is -2.64. The van der Waals surface area contributed by atoms with Crippen molar-refractivity contribution in [3.8, 4) is 0 Å². The van der Waals surface area contributed by atoms with Gasteiger partial charge in [0.1, 0.15) is 5.69 Å². The highest BCUT2D eigenvalue weighted by atomic mass is 32.1. The van der Waals surface area contributed by atoms with E-state index in [1.165, 1.54) is 4.88 Å². The Morgan fingerprint density at radius 3 is 2.96 bits per heavy atom. The van der Waals surface area contributed by atoms with Crippen LogP contribution in [-0.2, 0) is 18.3 Å². The quantitative estimate of drug-likeness (QED) is 0.872. The standard InChI is InChI=1S/C19H26N4O2S/c1-14-17(26-13-21-14)9-23-11-19(12-23)6-5-15(10-25-19)8-20-18(24)16-4-3-7-22(16)2/h3-4,7,13,15H,5-6,8-12H2,1-2H3,(H,20,24)/t15-/m1/s1. The number of ether oxygens (including phenoxy) is 1. The lowest BCUT2D eigenvalue weighted by molar-refractivity contribution is -0.181. The lowest BCUT2D eigenvalue weighted by atomic mass is 9.83. The summed E-state index contributed by atoms with van der Waals surface area (Å²) in [5.74, 6) is 0.398. The van der Waals surface area contributed by atoms with Gasteiger partial charge in [-0.25, -0.2) is 4.98 Å². The molecule has 0 saturated carbocycles. The fourth-order valence-electron chi connectivity index (χ4n) is 3.91. The number of rotatable bonds is 5.